The summed E-state index contributed by atoms with van der Waals surface area (Å²) in [5, 5.41) is 3.32. The van der Waals surface area contributed by atoms with Gasteiger partial charge in [0.2, 0.25) is 5.89 Å². The fraction of sp³-hybridized carbons (Fsp3) is 0.727. The number of rotatable bonds is 5. The minimum absolute atomic E-state index is 0.738. The highest BCUT2D eigenvalue weighted by Crippen LogP contribution is 2.07. The fourth-order valence-corrected chi connectivity index (χ4v) is 1.20. The molecular formula is C11H20N2O. The average Bonchev–Trinajstić information content (AvgIpc) is 2.40. The molecule has 0 atom stereocenters. The summed E-state index contributed by atoms with van der Waals surface area (Å²) in [4.78, 5) is 4.30. The van der Waals surface area contributed by atoms with Crippen molar-refractivity contribution in [1.82, 2.24) is 10.3 Å². The van der Waals surface area contributed by atoms with Crippen LogP contribution in [0.4, 0.5) is 0 Å². The third kappa shape index (κ3) is 3.50. The minimum atomic E-state index is 0.738. The van der Waals surface area contributed by atoms with Crippen LogP contribution in [0.15, 0.2) is 4.42 Å². The van der Waals surface area contributed by atoms with Crippen LogP contribution in [0.1, 0.15) is 37.6 Å². The van der Waals surface area contributed by atoms with Crippen molar-refractivity contribution >= 4 is 0 Å². The second-order valence-corrected chi connectivity index (χ2v) is 4.11. The minimum Gasteiger partial charge on any atom is -0.444 e. The van der Waals surface area contributed by atoms with Gasteiger partial charge in [-0.25, -0.2) is 4.98 Å². The van der Waals surface area contributed by atoms with Crippen LogP contribution in [-0.2, 0) is 6.54 Å². The summed E-state index contributed by atoms with van der Waals surface area (Å²) in [5.41, 5.74) is 0.991. The SMILES string of the molecule is Cc1nc(CNCCC(C)C)oc1C. The van der Waals surface area contributed by atoms with Crippen molar-refractivity contribution in [3.8, 4) is 0 Å². The van der Waals surface area contributed by atoms with Crippen molar-refractivity contribution in [2.24, 2.45) is 5.92 Å². The highest BCUT2D eigenvalue weighted by Gasteiger charge is 2.04. The maximum absolute atomic E-state index is 5.45. The van der Waals surface area contributed by atoms with E-state index in [1.807, 2.05) is 13.8 Å². The summed E-state index contributed by atoms with van der Waals surface area (Å²) in [6, 6.07) is 0. The maximum atomic E-state index is 5.45. The van der Waals surface area contributed by atoms with Crippen molar-refractivity contribution in [3.05, 3.63) is 17.3 Å². The number of oxazole rings is 1. The molecule has 0 fully saturated rings. The van der Waals surface area contributed by atoms with E-state index in [9.17, 15) is 0 Å². The molecule has 1 rings (SSSR count). The smallest absolute Gasteiger partial charge is 0.208 e. The van der Waals surface area contributed by atoms with Gasteiger partial charge in [0.15, 0.2) is 0 Å². The first kappa shape index (κ1) is 11.2. The molecule has 80 valence electrons. The Labute approximate surface area is 85.9 Å². The zero-order valence-electron chi connectivity index (χ0n) is 9.55. The Morgan fingerprint density at radius 1 is 1.36 bits per heavy atom. The van der Waals surface area contributed by atoms with Crippen molar-refractivity contribution in [3.63, 3.8) is 0 Å². The van der Waals surface area contributed by atoms with Crippen molar-refractivity contribution in [1.29, 1.82) is 0 Å². The zero-order valence-corrected chi connectivity index (χ0v) is 9.55. The van der Waals surface area contributed by atoms with Gasteiger partial charge in [0.1, 0.15) is 5.76 Å². The van der Waals surface area contributed by atoms with Crippen LogP contribution in [0.3, 0.4) is 0 Å². The molecule has 1 N–H and O–H groups in total. The van der Waals surface area contributed by atoms with E-state index in [0.29, 0.717) is 0 Å². The fourth-order valence-electron chi connectivity index (χ4n) is 1.20. The van der Waals surface area contributed by atoms with Gasteiger partial charge in [0.25, 0.3) is 0 Å². The lowest BCUT2D eigenvalue weighted by atomic mass is 10.1. The van der Waals surface area contributed by atoms with E-state index in [0.717, 1.165) is 36.4 Å². The molecule has 0 aromatic carbocycles. The molecule has 0 aliphatic carbocycles. The Bertz CT molecular complexity index is 259. The van der Waals surface area contributed by atoms with Gasteiger partial charge in [0, 0.05) is 0 Å². The monoisotopic (exact) mass is 196 g/mol. The second-order valence-electron chi connectivity index (χ2n) is 4.11. The Morgan fingerprint density at radius 3 is 2.57 bits per heavy atom. The number of hydrogen-bond acceptors (Lipinski definition) is 3. The molecule has 0 aliphatic rings. The van der Waals surface area contributed by atoms with Gasteiger partial charge in [-0.05, 0) is 32.7 Å². The van der Waals surface area contributed by atoms with Crippen LogP contribution in [0.2, 0.25) is 0 Å². The summed E-state index contributed by atoms with van der Waals surface area (Å²) in [6.07, 6.45) is 1.19. The Hall–Kier alpha value is -0.830. The lowest BCUT2D eigenvalue weighted by Gasteiger charge is -2.04. The molecule has 3 nitrogen and oxygen atoms in total. The molecule has 1 heterocycles. The largest absolute Gasteiger partial charge is 0.444 e. The third-order valence-electron chi connectivity index (χ3n) is 2.25. The average molecular weight is 196 g/mol. The first-order valence-electron chi connectivity index (χ1n) is 5.23. The molecule has 0 radical (unpaired) electrons. The van der Waals surface area contributed by atoms with Crippen LogP contribution >= 0.6 is 0 Å². The van der Waals surface area contributed by atoms with E-state index in [4.69, 9.17) is 4.42 Å². The molecule has 1 aromatic heterocycles. The molecule has 0 aliphatic heterocycles. The predicted octanol–water partition coefficient (Wildman–Crippen LogP) is 2.43. The van der Waals surface area contributed by atoms with E-state index in [1.54, 1.807) is 0 Å². The van der Waals surface area contributed by atoms with Crippen molar-refractivity contribution in [2.45, 2.75) is 40.7 Å². The van der Waals surface area contributed by atoms with Gasteiger partial charge in [-0.15, -0.1) is 0 Å². The van der Waals surface area contributed by atoms with Crippen LogP contribution in [-0.4, -0.2) is 11.5 Å². The predicted molar refractivity (Wildman–Crippen MR) is 57.1 cm³/mol. The summed E-state index contributed by atoms with van der Waals surface area (Å²) in [5.74, 6) is 2.46. The Balaban J connectivity index is 2.25. The zero-order chi connectivity index (χ0) is 10.6. The standard InChI is InChI=1S/C11H20N2O/c1-8(2)5-6-12-7-11-13-9(3)10(4)14-11/h8,12H,5-7H2,1-4H3. The molecule has 14 heavy (non-hydrogen) atoms. The first-order valence-corrected chi connectivity index (χ1v) is 5.23. The second kappa shape index (κ2) is 5.15. The molecule has 0 amide bonds. The van der Waals surface area contributed by atoms with E-state index < -0.39 is 0 Å². The van der Waals surface area contributed by atoms with Crippen molar-refractivity contribution < 1.29 is 4.42 Å². The van der Waals surface area contributed by atoms with Gasteiger partial charge in [-0.3, -0.25) is 0 Å². The Kier molecular flexibility index (Phi) is 4.14. The van der Waals surface area contributed by atoms with Crippen LogP contribution in [0, 0.1) is 19.8 Å². The molecular weight excluding hydrogens is 176 g/mol. The quantitative estimate of drug-likeness (QED) is 0.735. The van der Waals surface area contributed by atoms with E-state index in [2.05, 4.69) is 24.1 Å². The van der Waals surface area contributed by atoms with E-state index in [1.165, 1.54) is 6.42 Å². The number of aryl methyl sites for hydroxylation is 2. The molecule has 0 saturated carbocycles. The summed E-state index contributed by atoms with van der Waals surface area (Å²) < 4.78 is 5.45. The Morgan fingerprint density at radius 2 is 2.07 bits per heavy atom. The lowest BCUT2D eigenvalue weighted by Crippen LogP contribution is -2.16. The number of nitrogens with zero attached hydrogens (tertiary/aromatic N) is 1. The highest BCUT2D eigenvalue weighted by atomic mass is 16.4. The molecule has 0 unspecified atom stereocenters. The third-order valence-corrected chi connectivity index (χ3v) is 2.25. The molecule has 0 saturated heterocycles. The van der Waals surface area contributed by atoms with Gasteiger partial charge in [-0.1, -0.05) is 13.8 Å². The maximum Gasteiger partial charge on any atom is 0.208 e. The number of nitrogens with one attached hydrogen (secondary N) is 1. The van der Waals surface area contributed by atoms with E-state index in [-0.39, 0.29) is 0 Å². The summed E-state index contributed by atoms with van der Waals surface area (Å²) in [7, 11) is 0. The lowest BCUT2D eigenvalue weighted by molar-refractivity contribution is 0.439. The molecule has 0 bridgehead atoms. The molecule has 3 heteroatoms. The van der Waals surface area contributed by atoms with E-state index >= 15 is 0 Å². The normalized spacial score (nSPS) is 11.2. The van der Waals surface area contributed by atoms with Gasteiger partial charge in [-0.2, -0.15) is 0 Å². The molecule has 1 aromatic rings. The van der Waals surface area contributed by atoms with Crippen LogP contribution < -0.4 is 5.32 Å². The van der Waals surface area contributed by atoms with Crippen LogP contribution in [0.5, 0.6) is 0 Å². The van der Waals surface area contributed by atoms with Gasteiger partial charge in [0.05, 0.1) is 12.2 Å². The summed E-state index contributed by atoms with van der Waals surface area (Å²) >= 11 is 0. The van der Waals surface area contributed by atoms with Gasteiger partial charge < -0.3 is 9.73 Å². The van der Waals surface area contributed by atoms with Crippen LogP contribution in [0.25, 0.3) is 0 Å². The molecule has 0 spiro atoms. The number of aromatic nitrogens is 1. The van der Waals surface area contributed by atoms with Crippen molar-refractivity contribution in [2.75, 3.05) is 6.54 Å². The topological polar surface area (TPSA) is 38.1 Å². The first-order chi connectivity index (χ1) is 6.59. The number of hydrogen-bond donors (Lipinski definition) is 1. The van der Waals surface area contributed by atoms with Gasteiger partial charge >= 0.3 is 0 Å². The highest BCUT2D eigenvalue weighted by molar-refractivity contribution is 5.04. The summed E-state index contributed by atoms with van der Waals surface area (Å²) in [6.45, 7) is 10.1.